The Hall–Kier alpha value is -3.85. The van der Waals surface area contributed by atoms with Gasteiger partial charge in [0.15, 0.2) is 0 Å². The Morgan fingerprint density at radius 3 is 1.17 bits per heavy atom. The van der Waals surface area contributed by atoms with E-state index < -0.39 is 0 Å². The highest BCUT2D eigenvalue weighted by Gasteiger charge is 2.06. The van der Waals surface area contributed by atoms with Crippen molar-refractivity contribution in [2.75, 3.05) is 13.2 Å². The van der Waals surface area contributed by atoms with Gasteiger partial charge in [-0.1, -0.05) is 84.9 Å². The number of rotatable bonds is 8. The second-order valence-corrected chi connectivity index (χ2v) is 6.90. The third-order valence-electron chi connectivity index (χ3n) is 4.72. The summed E-state index contributed by atoms with van der Waals surface area (Å²) >= 11 is 0. The molecule has 4 aromatic carbocycles. The molecule has 0 N–H and O–H groups in total. The summed E-state index contributed by atoms with van der Waals surface area (Å²) in [7, 11) is 0. The maximum absolute atomic E-state index is 12.1. The topological polar surface area (TPSA) is 35.5 Å². The second-order valence-electron chi connectivity index (χ2n) is 6.90. The standard InChI is InChI=1S/C27H22O3/c28-25(19-29-26-15-11-23(12-16-26)21-7-3-1-4-8-21)20-30-27-17-13-24(14-18-27)22-9-5-2-6-10-22/h1-18H,19-20H2. The van der Waals surface area contributed by atoms with Gasteiger partial charge in [0, 0.05) is 0 Å². The summed E-state index contributed by atoms with van der Waals surface area (Å²) in [4.78, 5) is 12.1. The molecule has 0 aliphatic heterocycles. The molecule has 30 heavy (non-hydrogen) atoms. The lowest BCUT2D eigenvalue weighted by Crippen LogP contribution is -2.19. The normalized spacial score (nSPS) is 10.4. The lowest BCUT2D eigenvalue weighted by molar-refractivity contribution is -0.123. The van der Waals surface area contributed by atoms with E-state index in [0.29, 0.717) is 11.5 Å². The van der Waals surface area contributed by atoms with Crippen molar-refractivity contribution in [2.24, 2.45) is 0 Å². The molecule has 0 aliphatic rings. The first kappa shape index (κ1) is 19.5. The Kier molecular flexibility index (Phi) is 6.21. The lowest BCUT2D eigenvalue weighted by Gasteiger charge is -2.09. The summed E-state index contributed by atoms with van der Waals surface area (Å²) in [6, 6.07) is 35.7. The van der Waals surface area contributed by atoms with E-state index in [0.717, 1.165) is 22.3 Å². The molecule has 3 nitrogen and oxygen atoms in total. The molecular formula is C27H22O3. The average molecular weight is 394 g/mol. The summed E-state index contributed by atoms with van der Waals surface area (Å²) in [5.74, 6) is 1.21. The molecule has 0 radical (unpaired) electrons. The quantitative estimate of drug-likeness (QED) is 0.365. The van der Waals surface area contributed by atoms with Gasteiger partial charge in [-0.05, 0) is 46.5 Å². The van der Waals surface area contributed by atoms with Gasteiger partial charge in [-0.25, -0.2) is 0 Å². The van der Waals surface area contributed by atoms with E-state index in [1.807, 2.05) is 84.9 Å². The number of ketones is 1. The van der Waals surface area contributed by atoms with Crippen LogP contribution < -0.4 is 9.47 Å². The zero-order valence-electron chi connectivity index (χ0n) is 16.5. The predicted molar refractivity (Wildman–Crippen MR) is 120 cm³/mol. The van der Waals surface area contributed by atoms with Crippen molar-refractivity contribution in [2.45, 2.75) is 0 Å². The van der Waals surface area contributed by atoms with Crippen molar-refractivity contribution in [1.82, 2.24) is 0 Å². The maximum atomic E-state index is 12.1. The predicted octanol–water partition coefficient (Wildman–Crippen LogP) is 6.05. The summed E-state index contributed by atoms with van der Waals surface area (Å²) in [5.41, 5.74) is 4.51. The number of hydrogen-bond acceptors (Lipinski definition) is 3. The average Bonchev–Trinajstić information content (AvgIpc) is 2.83. The van der Waals surface area contributed by atoms with E-state index in [4.69, 9.17) is 9.47 Å². The first-order valence-electron chi connectivity index (χ1n) is 9.86. The summed E-state index contributed by atoms with van der Waals surface area (Å²) in [5, 5.41) is 0. The second kappa shape index (κ2) is 9.57. The van der Waals surface area contributed by atoms with Gasteiger partial charge in [0.2, 0.25) is 5.78 Å². The maximum Gasteiger partial charge on any atom is 0.207 e. The summed E-state index contributed by atoms with van der Waals surface area (Å²) in [6.45, 7) is -0.0421. The molecule has 148 valence electrons. The van der Waals surface area contributed by atoms with E-state index in [9.17, 15) is 4.79 Å². The van der Waals surface area contributed by atoms with Crippen LogP contribution >= 0.6 is 0 Å². The molecule has 4 aromatic rings. The molecule has 0 unspecified atom stereocenters. The zero-order valence-corrected chi connectivity index (χ0v) is 16.5. The van der Waals surface area contributed by atoms with Crippen LogP contribution in [0.15, 0.2) is 109 Å². The molecule has 3 heteroatoms. The molecule has 0 amide bonds. The molecular weight excluding hydrogens is 372 g/mol. The van der Waals surface area contributed by atoms with Gasteiger partial charge >= 0.3 is 0 Å². The SMILES string of the molecule is O=C(COc1ccc(-c2ccccc2)cc1)COc1ccc(-c2ccccc2)cc1. The van der Waals surface area contributed by atoms with Crippen LogP contribution in [0.25, 0.3) is 22.3 Å². The Bertz CT molecular complexity index is 982. The first-order valence-corrected chi connectivity index (χ1v) is 9.86. The minimum absolute atomic E-state index is 0.0210. The van der Waals surface area contributed by atoms with Crippen molar-refractivity contribution in [3.05, 3.63) is 109 Å². The van der Waals surface area contributed by atoms with Gasteiger partial charge in [0.1, 0.15) is 24.7 Å². The molecule has 0 fully saturated rings. The van der Waals surface area contributed by atoms with Crippen LogP contribution in [0.4, 0.5) is 0 Å². The van der Waals surface area contributed by atoms with Crippen LogP contribution in [0.5, 0.6) is 11.5 Å². The van der Waals surface area contributed by atoms with E-state index in [1.54, 1.807) is 0 Å². The monoisotopic (exact) mass is 394 g/mol. The van der Waals surface area contributed by atoms with Crippen molar-refractivity contribution >= 4 is 5.78 Å². The third-order valence-corrected chi connectivity index (χ3v) is 4.72. The Morgan fingerprint density at radius 1 is 0.467 bits per heavy atom. The molecule has 4 rings (SSSR count). The largest absolute Gasteiger partial charge is 0.486 e. The third kappa shape index (κ3) is 5.15. The van der Waals surface area contributed by atoms with E-state index in [-0.39, 0.29) is 19.0 Å². The molecule has 0 atom stereocenters. The van der Waals surface area contributed by atoms with Crippen molar-refractivity contribution in [3.63, 3.8) is 0 Å². The van der Waals surface area contributed by atoms with Gasteiger partial charge in [0.25, 0.3) is 0 Å². The fourth-order valence-corrected chi connectivity index (χ4v) is 3.12. The van der Waals surface area contributed by atoms with Gasteiger partial charge in [0.05, 0.1) is 0 Å². The Labute approximate surface area is 176 Å². The fraction of sp³-hybridized carbons (Fsp3) is 0.0741. The van der Waals surface area contributed by atoms with Crippen molar-refractivity contribution < 1.29 is 14.3 Å². The number of carbonyl (C=O) groups excluding carboxylic acids is 1. The van der Waals surface area contributed by atoms with E-state index >= 15 is 0 Å². The highest BCUT2D eigenvalue weighted by Crippen LogP contribution is 2.23. The van der Waals surface area contributed by atoms with E-state index in [2.05, 4.69) is 24.3 Å². The van der Waals surface area contributed by atoms with Crippen LogP contribution in [0.1, 0.15) is 0 Å². The highest BCUT2D eigenvalue weighted by molar-refractivity contribution is 5.81. The van der Waals surface area contributed by atoms with Crippen LogP contribution in [0.3, 0.4) is 0 Å². The first-order chi connectivity index (χ1) is 14.8. The summed E-state index contributed by atoms with van der Waals surface area (Å²) in [6.07, 6.45) is 0. The minimum Gasteiger partial charge on any atom is -0.486 e. The van der Waals surface area contributed by atoms with E-state index in [1.165, 1.54) is 0 Å². The molecule has 0 heterocycles. The molecule has 0 aromatic heterocycles. The highest BCUT2D eigenvalue weighted by atomic mass is 16.5. The van der Waals surface area contributed by atoms with Crippen molar-refractivity contribution in [3.8, 4) is 33.8 Å². The van der Waals surface area contributed by atoms with Crippen LogP contribution in [-0.2, 0) is 4.79 Å². The number of benzene rings is 4. The van der Waals surface area contributed by atoms with Crippen LogP contribution in [0.2, 0.25) is 0 Å². The Balaban J connectivity index is 1.25. The summed E-state index contributed by atoms with van der Waals surface area (Å²) < 4.78 is 11.2. The smallest absolute Gasteiger partial charge is 0.207 e. The van der Waals surface area contributed by atoms with Gasteiger partial charge in [-0.2, -0.15) is 0 Å². The number of hydrogen-bond donors (Lipinski definition) is 0. The Morgan fingerprint density at radius 2 is 0.800 bits per heavy atom. The van der Waals surface area contributed by atoms with Gasteiger partial charge < -0.3 is 9.47 Å². The number of ether oxygens (including phenoxy) is 2. The zero-order chi connectivity index (χ0) is 20.6. The fourth-order valence-electron chi connectivity index (χ4n) is 3.12. The number of Topliss-reactive ketones (excluding diaryl/α,β-unsaturated/α-hetero) is 1. The minimum atomic E-state index is -0.116. The molecule has 0 saturated heterocycles. The molecule has 0 aliphatic carbocycles. The molecule has 0 saturated carbocycles. The van der Waals surface area contributed by atoms with Gasteiger partial charge in [-0.3, -0.25) is 4.79 Å². The van der Waals surface area contributed by atoms with Crippen LogP contribution in [-0.4, -0.2) is 19.0 Å². The lowest BCUT2D eigenvalue weighted by atomic mass is 10.1. The van der Waals surface area contributed by atoms with Gasteiger partial charge in [-0.15, -0.1) is 0 Å². The number of carbonyl (C=O) groups is 1. The van der Waals surface area contributed by atoms with Crippen LogP contribution in [0, 0.1) is 0 Å². The van der Waals surface area contributed by atoms with Crippen molar-refractivity contribution in [1.29, 1.82) is 0 Å². The molecule has 0 spiro atoms. The molecule has 0 bridgehead atoms.